The molecule has 0 spiro atoms. The van der Waals surface area contributed by atoms with Gasteiger partial charge >= 0.3 is 0 Å². The molecule has 1 aliphatic carbocycles. The van der Waals surface area contributed by atoms with Gasteiger partial charge in [-0.15, -0.1) is 0 Å². The predicted molar refractivity (Wildman–Crippen MR) is 102 cm³/mol. The molecule has 26 heavy (non-hydrogen) atoms. The molecule has 0 unspecified atom stereocenters. The number of unbranched alkanes of at least 4 members (excludes halogenated alkanes) is 1. The van der Waals surface area contributed by atoms with Crippen LogP contribution in [0, 0.1) is 0 Å². The van der Waals surface area contributed by atoms with Crippen LogP contribution in [0.5, 0.6) is 0 Å². The summed E-state index contributed by atoms with van der Waals surface area (Å²) < 4.78 is 0. The van der Waals surface area contributed by atoms with Gasteiger partial charge in [-0.05, 0) is 50.7 Å². The van der Waals surface area contributed by atoms with Gasteiger partial charge in [0, 0.05) is 31.6 Å². The first-order valence-electron chi connectivity index (χ1n) is 9.34. The molecule has 4 N–H and O–H groups in total. The van der Waals surface area contributed by atoms with E-state index < -0.39 is 0 Å². The summed E-state index contributed by atoms with van der Waals surface area (Å²) in [5, 5.41) is 25.3. The second-order valence-corrected chi connectivity index (χ2v) is 6.68. The Morgan fingerprint density at radius 3 is 2.65 bits per heavy atom. The summed E-state index contributed by atoms with van der Waals surface area (Å²) in [4.78, 5) is 13.5. The average Bonchev–Trinajstić information content (AvgIpc) is 2.68. The number of hydrogen-bond acceptors (Lipinski definition) is 7. The quantitative estimate of drug-likeness (QED) is 0.538. The van der Waals surface area contributed by atoms with Crippen LogP contribution in [0.1, 0.15) is 38.5 Å². The summed E-state index contributed by atoms with van der Waals surface area (Å²) >= 11 is 0. The van der Waals surface area contributed by atoms with Crippen LogP contribution in [-0.2, 0) is 0 Å². The topological polar surface area (TPSA) is 103 Å². The maximum Gasteiger partial charge on any atom is 0.224 e. The largest absolute Gasteiger partial charge is 0.396 e. The second-order valence-electron chi connectivity index (χ2n) is 6.68. The molecule has 0 saturated heterocycles. The summed E-state index contributed by atoms with van der Waals surface area (Å²) in [7, 11) is 0. The Kier molecular flexibility index (Phi) is 6.74. The molecule has 0 aromatic carbocycles. The average molecular weight is 357 g/mol. The number of anilines is 2. The van der Waals surface area contributed by atoms with E-state index in [2.05, 4.69) is 25.6 Å². The lowest BCUT2D eigenvalue weighted by atomic mass is 9.93. The van der Waals surface area contributed by atoms with Gasteiger partial charge in [0.15, 0.2) is 0 Å². The molecule has 7 nitrogen and oxygen atoms in total. The molecule has 0 radical (unpaired) electrons. The minimum Gasteiger partial charge on any atom is -0.396 e. The number of aliphatic hydroxyl groups excluding tert-OH is 2. The molecular weight excluding hydrogens is 330 g/mol. The number of hydrogen-bond donors (Lipinski definition) is 4. The van der Waals surface area contributed by atoms with E-state index in [1.807, 2.05) is 18.2 Å². The fourth-order valence-corrected chi connectivity index (χ4v) is 3.14. The molecule has 2 aromatic heterocycles. The number of aromatic nitrogens is 3. The first-order valence-corrected chi connectivity index (χ1v) is 9.34. The molecule has 1 saturated carbocycles. The summed E-state index contributed by atoms with van der Waals surface area (Å²) in [5.74, 6) is 1.34. The van der Waals surface area contributed by atoms with Gasteiger partial charge < -0.3 is 20.8 Å². The van der Waals surface area contributed by atoms with Crippen molar-refractivity contribution in [2.75, 3.05) is 23.8 Å². The fraction of sp³-hybridized carbons (Fsp3) is 0.526. The maximum absolute atomic E-state index is 9.72. The monoisotopic (exact) mass is 357 g/mol. The zero-order valence-electron chi connectivity index (χ0n) is 14.9. The van der Waals surface area contributed by atoms with Crippen molar-refractivity contribution < 1.29 is 10.2 Å². The van der Waals surface area contributed by atoms with Gasteiger partial charge in [-0.1, -0.05) is 6.07 Å². The molecular formula is C19H27N5O2. The number of pyridine rings is 1. The van der Waals surface area contributed by atoms with Crippen molar-refractivity contribution in [1.82, 2.24) is 15.0 Å². The van der Waals surface area contributed by atoms with Crippen LogP contribution in [0.15, 0.2) is 30.6 Å². The summed E-state index contributed by atoms with van der Waals surface area (Å²) in [6, 6.07) is 6.07. The molecule has 0 aliphatic heterocycles. The summed E-state index contributed by atoms with van der Waals surface area (Å²) in [5.41, 5.74) is 1.70. The lowest BCUT2D eigenvalue weighted by Crippen LogP contribution is -2.29. The third-order valence-corrected chi connectivity index (χ3v) is 4.64. The van der Waals surface area contributed by atoms with E-state index in [-0.39, 0.29) is 18.8 Å². The highest BCUT2D eigenvalue weighted by Crippen LogP contribution is 2.28. The van der Waals surface area contributed by atoms with Crippen molar-refractivity contribution >= 4 is 11.8 Å². The van der Waals surface area contributed by atoms with Gasteiger partial charge in [0.1, 0.15) is 5.82 Å². The highest BCUT2D eigenvalue weighted by Gasteiger charge is 2.21. The zero-order chi connectivity index (χ0) is 18.2. The Morgan fingerprint density at radius 1 is 1.08 bits per heavy atom. The molecule has 0 bridgehead atoms. The number of nitrogens with one attached hydrogen (secondary N) is 2. The Balaban J connectivity index is 1.77. The fourth-order valence-electron chi connectivity index (χ4n) is 3.14. The summed E-state index contributed by atoms with van der Waals surface area (Å²) in [6.45, 7) is 0.917. The van der Waals surface area contributed by atoms with Gasteiger partial charge in [-0.3, -0.25) is 4.98 Å². The Morgan fingerprint density at radius 2 is 1.92 bits per heavy atom. The Hall–Kier alpha value is -2.25. The van der Waals surface area contributed by atoms with Gasteiger partial charge in [0.25, 0.3) is 0 Å². The smallest absolute Gasteiger partial charge is 0.224 e. The molecule has 1 fully saturated rings. The highest BCUT2D eigenvalue weighted by molar-refractivity contribution is 5.72. The normalized spacial score (nSPS) is 19.9. The van der Waals surface area contributed by atoms with Crippen LogP contribution in [0.3, 0.4) is 0 Å². The minimum absolute atomic E-state index is 0.183. The van der Waals surface area contributed by atoms with Crippen molar-refractivity contribution in [2.24, 2.45) is 0 Å². The lowest BCUT2D eigenvalue weighted by molar-refractivity contribution is 0.126. The number of rotatable bonds is 8. The maximum atomic E-state index is 9.72. The van der Waals surface area contributed by atoms with E-state index in [1.165, 1.54) is 0 Å². The van der Waals surface area contributed by atoms with Crippen LogP contribution >= 0.6 is 0 Å². The van der Waals surface area contributed by atoms with Gasteiger partial charge in [0.05, 0.1) is 17.4 Å². The third-order valence-electron chi connectivity index (χ3n) is 4.64. The van der Waals surface area contributed by atoms with Crippen LogP contribution in [-0.4, -0.2) is 50.5 Å². The molecule has 2 aromatic rings. The highest BCUT2D eigenvalue weighted by atomic mass is 16.3. The second kappa shape index (κ2) is 9.45. The van der Waals surface area contributed by atoms with Crippen molar-refractivity contribution in [1.29, 1.82) is 0 Å². The minimum atomic E-state index is -0.183. The Labute approximate surface area is 153 Å². The van der Waals surface area contributed by atoms with Crippen molar-refractivity contribution in [3.63, 3.8) is 0 Å². The number of aliphatic hydroxyl groups is 2. The van der Waals surface area contributed by atoms with Crippen LogP contribution in [0.2, 0.25) is 0 Å². The van der Waals surface area contributed by atoms with E-state index in [1.54, 1.807) is 12.4 Å². The van der Waals surface area contributed by atoms with E-state index in [4.69, 9.17) is 5.11 Å². The molecule has 1 aliphatic rings. The van der Waals surface area contributed by atoms with Crippen molar-refractivity contribution in [3.05, 3.63) is 30.6 Å². The molecule has 7 heteroatoms. The van der Waals surface area contributed by atoms with Crippen molar-refractivity contribution in [3.8, 4) is 11.3 Å². The standard InChI is InChI=1S/C19H27N5O2/c25-12-4-3-11-21-19-22-13-16(17-5-1-2-10-20-17)18(24-19)23-14-6-8-15(26)9-7-14/h1-2,5,10,13-15,25-26H,3-4,6-9,11-12H2,(H2,21,22,23,24). The molecule has 2 heterocycles. The van der Waals surface area contributed by atoms with E-state index in [9.17, 15) is 5.11 Å². The van der Waals surface area contributed by atoms with E-state index >= 15 is 0 Å². The SMILES string of the molecule is OCCCCNc1ncc(-c2ccccn2)c(NC2CCC(O)CC2)n1. The summed E-state index contributed by atoms with van der Waals surface area (Å²) in [6.07, 6.45) is 8.47. The van der Waals surface area contributed by atoms with Crippen LogP contribution in [0.4, 0.5) is 11.8 Å². The third kappa shape index (κ3) is 5.12. The Bertz CT molecular complexity index is 675. The molecule has 3 rings (SSSR count). The number of nitrogens with zero attached hydrogens (tertiary/aromatic N) is 3. The first-order chi connectivity index (χ1) is 12.8. The van der Waals surface area contributed by atoms with Gasteiger partial charge in [-0.2, -0.15) is 4.98 Å². The predicted octanol–water partition coefficient (Wildman–Crippen LogP) is 2.44. The zero-order valence-corrected chi connectivity index (χ0v) is 14.9. The van der Waals surface area contributed by atoms with Crippen LogP contribution in [0.25, 0.3) is 11.3 Å². The van der Waals surface area contributed by atoms with Crippen molar-refractivity contribution in [2.45, 2.75) is 50.7 Å². The van der Waals surface area contributed by atoms with Gasteiger partial charge in [-0.25, -0.2) is 4.98 Å². The van der Waals surface area contributed by atoms with E-state index in [0.29, 0.717) is 5.95 Å². The first kappa shape index (κ1) is 18.5. The van der Waals surface area contributed by atoms with E-state index in [0.717, 1.165) is 62.1 Å². The lowest BCUT2D eigenvalue weighted by Gasteiger charge is -2.27. The molecule has 0 amide bonds. The molecule has 140 valence electrons. The molecule has 0 atom stereocenters. The van der Waals surface area contributed by atoms with Crippen LogP contribution < -0.4 is 10.6 Å². The van der Waals surface area contributed by atoms with Gasteiger partial charge in [0.2, 0.25) is 5.95 Å².